The first kappa shape index (κ1) is 15.0. The van der Waals surface area contributed by atoms with Gasteiger partial charge in [0.05, 0.1) is 6.10 Å². The van der Waals surface area contributed by atoms with Crippen molar-refractivity contribution in [3.8, 4) is 0 Å². The molecule has 2 unspecified atom stereocenters. The third-order valence-electron chi connectivity index (χ3n) is 3.23. The van der Waals surface area contributed by atoms with Crippen molar-refractivity contribution in [1.82, 2.24) is 5.32 Å². The van der Waals surface area contributed by atoms with Gasteiger partial charge in [0.15, 0.2) is 0 Å². The lowest BCUT2D eigenvalue weighted by molar-refractivity contribution is 0.166. The summed E-state index contributed by atoms with van der Waals surface area (Å²) < 4.78 is 13.5. The second-order valence-corrected chi connectivity index (χ2v) is 5.16. The van der Waals surface area contributed by atoms with Gasteiger partial charge in [0.2, 0.25) is 0 Å². The summed E-state index contributed by atoms with van der Waals surface area (Å²) in [6, 6.07) is 13.8. The minimum absolute atomic E-state index is 0.0233. The zero-order chi connectivity index (χ0) is 14.5. The molecule has 0 aliphatic carbocycles. The van der Waals surface area contributed by atoms with E-state index in [1.165, 1.54) is 6.07 Å². The van der Waals surface area contributed by atoms with E-state index in [9.17, 15) is 9.50 Å². The van der Waals surface area contributed by atoms with E-state index >= 15 is 0 Å². The van der Waals surface area contributed by atoms with E-state index in [1.54, 1.807) is 18.2 Å². The van der Waals surface area contributed by atoms with Crippen LogP contribution in [0.25, 0.3) is 0 Å². The predicted molar refractivity (Wildman–Crippen MR) is 79.2 cm³/mol. The molecular weight excluding hydrogens is 277 g/mol. The molecule has 2 atom stereocenters. The number of rotatable bonds is 5. The molecular formula is C16H17ClFNO. The maximum absolute atomic E-state index is 13.5. The number of hydrogen-bond acceptors (Lipinski definition) is 2. The molecule has 0 fully saturated rings. The number of benzene rings is 2. The van der Waals surface area contributed by atoms with Crippen molar-refractivity contribution >= 4 is 11.6 Å². The van der Waals surface area contributed by atoms with Gasteiger partial charge in [-0.1, -0.05) is 41.9 Å². The molecule has 0 spiro atoms. The minimum atomic E-state index is -0.877. The number of nitrogens with one attached hydrogen (secondary N) is 1. The molecule has 2 aromatic carbocycles. The van der Waals surface area contributed by atoms with Crippen molar-refractivity contribution in [3.63, 3.8) is 0 Å². The van der Waals surface area contributed by atoms with E-state index in [0.717, 1.165) is 5.56 Å². The lowest BCUT2D eigenvalue weighted by atomic mass is 10.1. The number of aliphatic hydroxyl groups excluding tert-OH is 1. The Morgan fingerprint density at radius 3 is 2.65 bits per heavy atom. The molecule has 0 aliphatic heterocycles. The Balaban J connectivity index is 1.97. The molecule has 2 N–H and O–H groups in total. The number of hydrogen-bond donors (Lipinski definition) is 2. The summed E-state index contributed by atoms with van der Waals surface area (Å²) in [6.45, 7) is 2.24. The van der Waals surface area contributed by atoms with Crippen LogP contribution in [-0.2, 0) is 0 Å². The third-order valence-corrected chi connectivity index (χ3v) is 3.47. The van der Waals surface area contributed by atoms with Gasteiger partial charge in [-0.2, -0.15) is 0 Å². The molecule has 0 amide bonds. The Morgan fingerprint density at radius 2 is 1.95 bits per heavy atom. The maximum Gasteiger partial charge on any atom is 0.129 e. The summed E-state index contributed by atoms with van der Waals surface area (Å²) in [5, 5.41) is 13.9. The van der Waals surface area contributed by atoms with Gasteiger partial charge in [0.1, 0.15) is 5.82 Å². The van der Waals surface area contributed by atoms with Crippen molar-refractivity contribution in [2.24, 2.45) is 0 Å². The fourth-order valence-corrected chi connectivity index (χ4v) is 2.24. The lowest BCUT2D eigenvalue weighted by Crippen LogP contribution is -2.25. The van der Waals surface area contributed by atoms with Crippen LogP contribution >= 0.6 is 11.6 Å². The highest BCUT2D eigenvalue weighted by atomic mass is 35.5. The van der Waals surface area contributed by atoms with Gasteiger partial charge in [-0.15, -0.1) is 0 Å². The molecule has 2 aromatic rings. The molecule has 0 heterocycles. The van der Waals surface area contributed by atoms with E-state index in [1.807, 2.05) is 31.2 Å². The fraction of sp³-hybridized carbons (Fsp3) is 0.250. The topological polar surface area (TPSA) is 32.3 Å². The van der Waals surface area contributed by atoms with Crippen molar-refractivity contribution < 1.29 is 9.50 Å². The summed E-state index contributed by atoms with van der Waals surface area (Å²) in [6.07, 6.45) is -0.877. The van der Waals surface area contributed by atoms with Gasteiger partial charge in [0.25, 0.3) is 0 Å². The highest BCUT2D eigenvalue weighted by Crippen LogP contribution is 2.20. The van der Waals surface area contributed by atoms with Crippen molar-refractivity contribution in [1.29, 1.82) is 0 Å². The average Bonchev–Trinajstić information content (AvgIpc) is 2.45. The number of halogens is 2. The smallest absolute Gasteiger partial charge is 0.129 e. The molecule has 4 heteroatoms. The normalized spacial score (nSPS) is 14.0. The van der Waals surface area contributed by atoms with E-state index < -0.39 is 11.9 Å². The molecule has 0 radical (unpaired) electrons. The largest absolute Gasteiger partial charge is 0.387 e. The Hall–Kier alpha value is -1.42. The van der Waals surface area contributed by atoms with Gasteiger partial charge in [0, 0.05) is 23.2 Å². The molecule has 2 rings (SSSR count). The SMILES string of the molecule is CC(NCC(O)c1ccccc1F)c1cccc(Cl)c1. The summed E-state index contributed by atoms with van der Waals surface area (Å²) in [5.41, 5.74) is 1.33. The zero-order valence-corrected chi connectivity index (χ0v) is 11.9. The van der Waals surface area contributed by atoms with Gasteiger partial charge in [-0.3, -0.25) is 0 Å². The standard InChI is InChI=1S/C16H17ClFNO/c1-11(12-5-4-6-13(17)9-12)19-10-16(20)14-7-2-3-8-15(14)18/h2-9,11,16,19-20H,10H2,1H3. The Bertz CT molecular complexity index is 576. The van der Waals surface area contributed by atoms with Gasteiger partial charge >= 0.3 is 0 Å². The Morgan fingerprint density at radius 1 is 1.20 bits per heavy atom. The first-order valence-corrected chi connectivity index (χ1v) is 6.87. The van der Waals surface area contributed by atoms with Crippen LogP contribution < -0.4 is 5.32 Å². The minimum Gasteiger partial charge on any atom is -0.387 e. The van der Waals surface area contributed by atoms with Crippen LogP contribution in [0.5, 0.6) is 0 Å². The second-order valence-electron chi connectivity index (χ2n) is 4.72. The molecule has 0 aliphatic rings. The van der Waals surface area contributed by atoms with Crippen molar-refractivity contribution in [3.05, 3.63) is 70.5 Å². The first-order chi connectivity index (χ1) is 9.58. The van der Waals surface area contributed by atoms with Crippen LogP contribution in [0.2, 0.25) is 5.02 Å². The average molecular weight is 294 g/mol. The monoisotopic (exact) mass is 293 g/mol. The predicted octanol–water partition coefficient (Wildman–Crippen LogP) is 3.86. The van der Waals surface area contributed by atoms with E-state index in [4.69, 9.17) is 11.6 Å². The Kier molecular flexibility index (Phi) is 5.12. The zero-order valence-electron chi connectivity index (χ0n) is 11.2. The second kappa shape index (κ2) is 6.84. The molecule has 0 saturated carbocycles. The fourth-order valence-electron chi connectivity index (χ4n) is 2.04. The summed E-state index contributed by atoms with van der Waals surface area (Å²) in [4.78, 5) is 0. The van der Waals surface area contributed by atoms with E-state index in [-0.39, 0.29) is 12.6 Å². The number of aliphatic hydroxyl groups is 1. The molecule has 2 nitrogen and oxygen atoms in total. The van der Waals surface area contributed by atoms with Crippen LogP contribution in [0.15, 0.2) is 48.5 Å². The van der Waals surface area contributed by atoms with Crippen LogP contribution in [0.4, 0.5) is 4.39 Å². The third kappa shape index (κ3) is 3.79. The van der Waals surface area contributed by atoms with Gasteiger partial charge in [-0.05, 0) is 30.7 Å². The summed E-state index contributed by atoms with van der Waals surface area (Å²) in [5.74, 6) is -0.391. The van der Waals surface area contributed by atoms with Gasteiger partial charge < -0.3 is 10.4 Å². The van der Waals surface area contributed by atoms with E-state index in [2.05, 4.69) is 5.32 Å². The highest BCUT2D eigenvalue weighted by Gasteiger charge is 2.13. The quantitative estimate of drug-likeness (QED) is 0.877. The Labute approximate surface area is 123 Å². The van der Waals surface area contributed by atoms with Crippen LogP contribution in [0.1, 0.15) is 30.2 Å². The molecule has 20 heavy (non-hydrogen) atoms. The van der Waals surface area contributed by atoms with Gasteiger partial charge in [-0.25, -0.2) is 4.39 Å². The first-order valence-electron chi connectivity index (χ1n) is 6.49. The molecule has 106 valence electrons. The highest BCUT2D eigenvalue weighted by molar-refractivity contribution is 6.30. The van der Waals surface area contributed by atoms with Crippen LogP contribution in [-0.4, -0.2) is 11.7 Å². The van der Waals surface area contributed by atoms with E-state index in [0.29, 0.717) is 10.6 Å². The van der Waals surface area contributed by atoms with Crippen molar-refractivity contribution in [2.45, 2.75) is 19.1 Å². The molecule has 0 aromatic heterocycles. The van der Waals surface area contributed by atoms with Crippen LogP contribution in [0, 0.1) is 5.82 Å². The van der Waals surface area contributed by atoms with Crippen LogP contribution in [0.3, 0.4) is 0 Å². The molecule has 0 bridgehead atoms. The van der Waals surface area contributed by atoms with Crippen molar-refractivity contribution in [2.75, 3.05) is 6.54 Å². The molecule has 0 saturated heterocycles. The summed E-state index contributed by atoms with van der Waals surface area (Å²) in [7, 11) is 0. The summed E-state index contributed by atoms with van der Waals surface area (Å²) >= 11 is 5.94. The lowest BCUT2D eigenvalue weighted by Gasteiger charge is -2.18. The maximum atomic E-state index is 13.5.